The normalized spacial score (nSPS) is 23.3. The lowest BCUT2D eigenvalue weighted by Gasteiger charge is -2.36. The molecule has 2 fully saturated rings. The van der Waals surface area contributed by atoms with Gasteiger partial charge in [-0.15, -0.1) is 0 Å². The van der Waals surface area contributed by atoms with E-state index in [-0.39, 0.29) is 29.4 Å². The van der Waals surface area contributed by atoms with Gasteiger partial charge in [0.15, 0.2) is 9.84 Å². The summed E-state index contributed by atoms with van der Waals surface area (Å²) in [5.74, 6) is 0.436. The quantitative estimate of drug-likeness (QED) is 0.545. The Morgan fingerprint density at radius 1 is 0.889 bits per heavy atom. The van der Waals surface area contributed by atoms with Gasteiger partial charge in [-0.1, -0.05) is 0 Å². The molecule has 8 nitrogen and oxygen atoms in total. The highest BCUT2D eigenvalue weighted by Crippen LogP contribution is 2.18. The van der Waals surface area contributed by atoms with Gasteiger partial charge in [-0.3, -0.25) is 19.4 Å². The summed E-state index contributed by atoms with van der Waals surface area (Å²) < 4.78 is 23.4. The first-order valence-corrected chi connectivity index (χ1v) is 11.8. The maximum Gasteiger partial charge on any atom is 0.237 e. The van der Waals surface area contributed by atoms with Gasteiger partial charge >= 0.3 is 0 Å². The molecule has 2 aliphatic heterocycles. The van der Waals surface area contributed by atoms with E-state index in [2.05, 4.69) is 9.80 Å². The van der Waals surface area contributed by atoms with Gasteiger partial charge in [0.1, 0.15) is 0 Å². The van der Waals surface area contributed by atoms with Crippen molar-refractivity contribution in [2.24, 2.45) is 0 Å². The van der Waals surface area contributed by atoms with Gasteiger partial charge in [-0.05, 0) is 27.2 Å². The van der Waals surface area contributed by atoms with E-state index in [1.54, 1.807) is 4.90 Å². The zero-order chi connectivity index (χ0) is 20.0. The highest BCUT2D eigenvalue weighted by atomic mass is 32.2. The monoisotopic (exact) mass is 402 g/mol. The van der Waals surface area contributed by atoms with Crippen molar-refractivity contribution in [3.63, 3.8) is 0 Å². The fourth-order valence-corrected chi connectivity index (χ4v) is 5.65. The fourth-order valence-electron chi connectivity index (χ4n) is 3.91. The van der Waals surface area contributed by atoms with Crippen molar-refractivity contribution in [2.45, 2.75) is 33.2 Å². The molecule has 2 saturated heterocycles. The van der Waals surface area contributed by atoms with Crippen molar-refractivity contribution in [1.82, 2.24) is 19.6 Å². The van der Waals surface area contributed by atoms with Crippen LogP contribution in [0, 0.1) is 0 Å². The standard InChI is InChI=1S/C18H34N4O4S/c1-4-21(5-2)17(23)13-19-8-10-20(11-9-19)14-18(24)22(6-3)16-7-12-27(25,26)15-16/h16H,4-15H2,1-3H3. The molecule has 0 aliphatic carbocycles. The van der Waals surface area contributed by atoms with Gasteiger partial charge in [0.2, 0.25) is 11.8 Å². The predicted octanol–water partition coefficient (Wildman–Crippen LogP) is -0.492. The summed E-state index contributed by atoms with van der Waals surface area (Å²) in [6, 6.07) is -0.180. The summed E-state index contributed by atoms with van der Waals surface area (Å²) in [5.41, 5.74) is 0. The second-order valence-corrected chi connectivity index (χ2v) is 9.58. The second kappa shape index (κ2) is 9.84. The maximum absolute atomic E-state index is 12.7. The van der Waals surface area contributed by atoms with Crippen molar-refractivity contribution in [3.05, 3.63) is 0 Å². The third-order valence-corrected chi connectivity index (χ3v) is 7.36. The van der Waals surface area contributed by atoms with Crippen LogP contribution in [0.25, 0.3) is 0 Å². The Bertz CT molecular complexity index is 613. The van der Waals surface area contributed by atoms with Crippen molar-refractivity contribution < 1.29 is 18.0 Å². The van der Waals surface area contributed by atoms with E-state index in [0.29, 0.717) is 26.1 Å². The SMILES string of the molecule is CCN(CC)C(=O)CN1CCN(CC(=O)N(CC)C2CCS(=O)(=O)C2)CC1. The Morgan fingerprint density at radius 3 is 1.81 bits per heavy atom. The first kappa shape index (κ1) is 22.1. The molecule has 1 atom stereocenters. The number of likely N-dealkylation sites (N-methyl/N-ethyl adjacent to an activating group) is 2. The Kier molecular flexibility index (Phi) is 8.05. The van der Waals surface area contributed by atoms with Crippen LogP contribution in [0.4, 0.5) is 0 Å². The summed E-state index contributed by atoms with van der Waals surface area (Å²) in [4.78, 5) is 32.7. The Labute approximate surface area is 163 Å². The second-order valence-electron chi connectivity index (χ2n) is 7.35. The molecule has 0 saturated carbocycles. The predicted molar refractivity (Wildman–Crippen MR) is 105 cm³/mol. The first-order valence-electron chi connectivity index (χ1n) is 10.0. The summed E-state index contributed by atoms with van der Waals surface area (Å²) in [7, 11) is -3.00. The number of carbonyl (C=O) groups is 2. The summed E-state index contributed by atoms with van der Waals surface area (Å²) >= 11 is 0. The molecule has 0 radical (unpaired) electrons. The third-order valence-electron chi connectivity index (χ3n) is 5.61. The number of carbonyl (C=O) groups excluding carboxylic acids is 2. The minimum atomic E-state index is -3.00. The molecule has 2 aliphatic rings. The molecular formula is C18H34N4O4S. The molecule has 0 aromatic carbocycles. The van der Waals surface area contributed by atoms with Crippen molar-refractivity contribution in [3.8, 4) is 0 Å². The molecule has 156 valence electrons. The van der Waals surface area contributed by atoms with Crippen LogP contribution in [0.5, 0.6) is 0 Å². The largest absolute Gasteiger partial charge is 0.342 e. The first-order chi connectivity index (χ1) is 12.8. The molecule has 27 heavy (non-hydrogen) atoms. The van der Waals surface area contributed by atoms with Crippen molar-refractivity contribution in [1.29, 1.82) is 0 Å². The minimum Gasteiger partial charge on any atom is -0.342 e. The van der Waals surface area contributed by atoms with E-state index < -0.39 is 9.84 Å². The molecule has 1 unspecified atom stereocenters. The van der Waals surface area contributed by atoms with Crippen LogP contribution in [0.3, 0.4) is 0 Å². The molecule has 0 bridgehead atoms. The van der Waals surface area contributed by atoms with Crippen molar-refractivity contribution >= 4 is 21.7 Å². The van der Waals surface area contributed by atoms with E-state index in [1.165, 1.54) is 0 Å². The Balaban J connectivity index is 1.79. The lowest BCUT2D eigenvalue weighted by molar-refractivity contribution is -0.136. The lowest BCUT2D eigenvalue weighted by Crippen LogP contribution is -2.53. The smallest absolute Gasteiger partial charge is 0.237 e. The van der Waals surface area contributed by atoms with Gasteiger partial charge in [-0.25, -0.2) is 8.42 Å². The summed E-state index contributed by atoms with van der Waals surface area (Å²) in [6.45, 7) is 11.7. The van der Waals surface area contributed by atoms with Crippen LogP contribution in [-0.2, 0) is 19.4 Å². The van der Waals surface area contributed by atoms with Crippen LogP contribution in [0.2, 0.25) is 0 Å². The number of hydrogen-bond acceptors (Lipinski definition) is 6. The fraction of sp³-hybridized carbons (Fsp3) is 0.889. The Hall–Kier alpha value is -1.19. The molecule has 2 amide bonds. The van der Waals surface area contributed by atoms with Crippen LogP contribution < -0.4 is 0 Å². The number of piperazine rings is 1. The van der Waals surface area contributed by atoms with Gasteiger partial charge in [0.25, 0.3) is 0 Å². The van der Waals surface area contributed by atoms with Gasteiger partial charge in [0.05, 0.1) is 24.6 Å². The molecule has 2 rings (SSSR count). The van der Waals surface area contributed by atoms with Crippen LogP contribution in [-0.4, -0.2) is 116 Å². The van der Waals surface area contributed by atoms with E-state index in [9.17, 15) is 18.0 Å². The lowest BCUT2D eigenvalue weighted by atomic mass is 10.2. The average Bonchev–Trinajstić information content (AvgIpc) is 2.98. The minimum absolute atomic E-state index is 0.00673. The molecule has 2 heterocycles. The zero-order valence-corrected chi connectivity index (χ0v) is 17.7. The molecule has 0 aromatic heterocycles. The van der Waals surface area contributed by atoms with Crippen LogP contribution >= 0.6 is 0 Å². The van der Waals surface area contributed by atoms with Gasteiger partial charge in [-0.2, -0.15) is 0 Å². The highest BCUT2D eigenvalue weighted by molar-refractivity contribution is 7.91. The third kappa shape index (κ3) is 6.15. The highest BCUT2D eigenvalue weighted by Gasteiger charge is 2.34. The summed E-state index contributed by atoms with van der Waals surface area (Å²) in [5, 5.41) is 0. The molecule has 0 aromatic rings. The van der Waals surface area contributed by atoms with Crippen LogP contribution in [0.15, 0.2) is 0 Å². The van der Waals surface area contributed by atoms with E-state index in [4.69, 9.17) is 0 Å². The van der Waals surface area contributed by atoms with Gasteiger partial charge in [0, 0.05) is 51.9 Å². The topological polar surface area (TPSA) is 81.2 Å². The molecule has 0 N–H and O–H groups in total. The number of rotatable bonds is 8. The maximum atomic E-state index is 12.7. The molecular weight excluding hydrogens is 368 g/mol. The zero-order valence-electron chi connectivity index (χ0n) is 16.9. The van der Waals surface area contributed by atoms with Gasteiger partial charge < -0.3 is 9.80 Å². The average molecular weight is 403 g/mol. The number of amides is 2. The number of hydrogen-bond donors (Lipinski definition) is 0. The number of sulfone groups is 1. The van der Waals surface area contributed by atoms with Crippen LogP contribution in [0.1, 0.15) is 27.2 Å². The number of nitrogens with zero attached hydrogens (tertiary/aromatic N) is 4. The Morgan fingerprint density at radius 2 is 1.41 bits per heavy atom. The molecule has 0 spiro atoms. The summed E-state index contributed by atoms with van der Waals surface area (Å²) in [6.07, 6.45) is 0.545. The van der Waals surface area contributed by atoms with Crippen molar-refractivity contribution in [2.75, 3.05) is 70.4 Å². The van der Waals surface area contributed by atoms with E-state index in [1.807, 2.05) is 25.7 Å². The molecule has 9 heteroatoms. The van der Waals surface area contributed by atoms with E-state index >= 15 is 0 Å². The van der Waals surface area contributed by atoms with E-state index in [0.717, 1.165) is 39.3 Å².